The smallest absolute Gasteiger partial charge is 0.176 e. The molecular formula is C13H17NO3. The summed E-state index contributed by atoms with van der Waals surface area (Å²) in [4.78, 5) is 11.7. The van der Waals surface area contributed by atoms with Gasteiger partial charge in [-0.15, -0.1) is 0 Å². The van der Waals surface area contributed by atoms with Crippen molar-refractivity contribution in [3.63, 3.8) is 0 Å². The highest BCUT2D eigenvalue weighted by atomic mass is 16.5. The van der Waals surface area contributed by atoms with Gasteiger partial charge in [0.15, 0.2) is 17.3 Å². The van der Waals surface area contributed by atoms with Gasteiger partial charge < -0.3 is 15.2 Å². The normalized spacial score (nSPS) is 14.2. The van der Waals surface area contributed by atoms with E-state index < -0.39 is 0 Å². The van der Waals surface area contributed by atoms with Crippen LogP contribution in [-0.4, -0.2) is 25.5 Å². The van der Waals surface area contributed by atoms with Crippen molar-refractivity contribution >= 4 is 5.78 Å². The Bertz CT molecular complexity index is 429. The Labute approximate surface area is 101 Å². The van der Waals surface area contributed by atoms with Crippen molar-refractivity contribution in [1.82, 2.24) is 0 Å². The van der Waals surface area contributed by atoms with Crippen LogP contribution in [0.25, 0.3) is 0 Å². The zero-order valence-corrected chi connectivity index (χ0v) is 9.99. The summed E-state index contributed by atoms with van der Waals surface area (Å²) in [6, 6.07) is 3.65. The van der Waals surface area contributed by atoms with Crippen LogP contribution in [0.3, 0.4) is 0 Å². The fraction of sp³-hybridized carbons (Fsp3) is 0.462. The molecule has 1 aliphatic rings. The van der Waals surface area contributed by atoms with E-state index in [0.717, 1.165) is 24.2 Å². The number of rotatable bonds is 3. The molecule has 0 bridgehead atoms. The van der Waals surface area contributed by atoms with E-state index in [4.69, 9.17) is 15.2 Å². The first-order chi connectivity index (χ1) is 8.26. The van der Waals surface area contributed by atoms with E-state index >= 15 is 0 Å². The van der Waals surface area contributed by atoms with Gasteiger partial charge in [-0.1, -0.05) is 6.92 Å². The fourth-order valence-corrected chi connectivity index (χ4v) is 1.91. The summed E-state index contributed by atoms with van der Waals surface area (Å²) in [6.07, 6.45) is 1.63. The second kappa shape index (κ2) is 5.19. The van der Waals surface area contributed by atoms with Crippen LogP contribution in [0.1, 0.15) is 29.3 Å². The van der Waals surface area contributed by atoms with Gasteiger partial charge in [0.05, 0.1) is 19.8 Å². The molecule has 0 unspecified atom stereocenters. The molecule has 4 heteroatoms. The molecule has 0 radical (unpaired) electrons. The van der Waals surface area contributed by atoms with Gasteiger partial charge in [-0.2, -0.15) is 0 Å². The van der Waals surface area contributed by atoms with Crippen LogP contribution in [0, 0.1) is 0 Å². The van der Waals surface area contributed by atoms with E-state index in [1.807, 2.05) is 13.0 Å². The fourth-order valence-electron chi connectivity index (χ4n) is 1.91. The quantitative estimate of drug-likeness (QED) is 0.807. The number of aryl methyl sites for hydroxylation is 1. The Morgan fingerprint density at radius 1 is 1.29 bits per heavy atom. The van der Waals surface area contributed by atoms with Gasteiger partial charge in [-0.3, -0.25) is 4.79 Å². The minimum atomic E-state index is -0.0579. The summed E-state index contributed by atoms with van der Waals surface area (Å²) < 4.78 is 11.2. The average molecular weight is 235 g/mol. The van der Waals surface area contributed by atoms with Gasteiger partial charge in [0.25, 0.3) is 0 Å². The monoisotopic (exact) mass is 235 g/mol. The number of ketones is 1. The minimum absolute atomic E-state index is 0.0205. The largest absolute Gasteiger partial charge is 0.490 e. The van der Waals surface area contributed by atoms with Crippen molar-refractivity contribution in [3.8, 4) is 11.5 Å². The van der Waals surface area contributed by atoms with E-state index in [1.54, 1.807) is 6.07 Å². The molecule has 2 rings (SSSR count). The van der Waals surface area contributed by atoms with E-state index in [-0.39, 0.29) is 12.3 Å². The maximum Gasteiger partial charge on any atom is 0.176 e. The highest BCUT2D eigenvalue weighted by molar-refractivity contribution is 5.99. The predicted molar refractivity (Wildman–Crippen MR) is 64.8 cm³/mol. The van der Waals surface area contributed by atoms with Crippen LogP contribution >= 0.6 is 0 Å². The van der Waals surface area contributed by atoms with Crippen LogP contribution < -0.4 is 15.2 Å². The molecule has 0 atom stereocenters. The molecule has 17 heavy (non-hydrogen) atoms. The van der Waals surface area contributed by atoms with Gasteiger partial charge in [-0.05, 0) is 24.1 Å². The minimum Gasteiger partial charge on any atom is -0.490 e. The van der Waals surface area contributed by atoms with Crippen molar-refractivity contribution in [1.29, 1.82) is 0 Å². The molecule has 0 saturated carbocycles. The van der Waals surface area contributed by atoms with Crippen molar-refractivity contribution in [3.05, 3.63) is 23.3 Å². The molecule has 0 fully saturated rings. The summed E-state index contributed by atoms with van der Waals surface area (Å²) in [5, 5.41) is 0. The third-order valence-corrected chi connectivity index (χ3v) is 2.84. The number of carbonyl (C=O) groups excluding carboxylic acids is 1. The predicted octanol–water partition coefficient (Wildman–Crippen LogP) is 1.55. The molecule has 0 aromatic heterocycles. The standard InChI is InChI=1S/C13H17NO3/c1-2-9-6-12-13(17-5-3-4-16-12)7-10(9)11(15)8-14/h6-7H,2-5,8,14H2,1H3. The lowest BCUT2D eigenvalue weighted by Crippen LogP contribution is -2.15. The molecule has 0 aliphatic carbocycles. The SMILES string of the molecule is CCc1cc2c(cc1C(=O)CN)OCCCO2. The second-order valence-electron chi connectivity index (χ2n) is 3.99. The topological polar surface area (TPSA) is 61.6 Å². The Balaban J connectivity index is 2.45. The first-order valence-electron chi connectivity index (χ1n) is 5.92. The number of benzene rings is 1. The molecule has 0 saturated heterocycles. The number of carbonyl (C=O) groups is 1. The molecule has 0 spiro atoms. The number of hydrogen-bond donors (Lipinski definition) is 1. The number of ether oxygens (including phenoxy) is 2. The van der Waals surface area contributed by atoms with Crippen molar-refractivity contribution < 1.29 is 14.3 Å². The first kappa shape index (κ1) is 11.9. The van der Waals surface area contributed by atoms with Crippen LogP contribution in [0.4, 0.5) is 0 Å². The van der Waals surface area contributed by atoms with Crippen LogP contribution in [0.2, 0.25) is 0 Å². The highest BCUT2D eigenvalue weighted by Crippen LogP contribution is 2.33. The molecular weight excluding hydrogens is 218 g/mol. The molecule has 1 heterocycles. The molecule has 0 amide bonds. The summed E-state index contributed by atoms with van der Waals surface area (Å²) in [6.45, 7) is 3.30. The van der Waals surface area contributed by atoms with Crippen molar-refractivity contribution in [2.24, 2.45) is 5.73 Å². The highest BCUT2D eigenvalue weighted by Gasteiger charge is 2.17. The van der Waals surface area contributed by atoms with Crippen molar-refractivity contribution in [2.45, 2.75) is 19.8 Å². The maximum absolute atomic E-state index is 11.7. The lowest BCUT2D eigenvalue weighted by Gasteiger charge is -2.12. The van der Waals surface area contributed by atoms with E-state index in [2.05, 4.69) is 0 Å². The van der Waals surface area contributed by atoms with Gasteiger partial charge in [0, 0.05) is 12.0 Å². The summed E-state index contributed by atoms with van der Waals surface area (Å²) in [5.74, 6) is 1.32. The number of fused-ring (bicyclic) bond motifs is 1. The summed E-state index contributed by atoms with van der Waals surface area (Å²) in [5.41, 5.74) is 7.03. The molecule has 1 aromatic carbocycles. The van der Waals surface area contributed by atoms with Gasteiger partial charge in [0.2, 0.25) is 0 Å². The van der Waals surface area contributed by atoms with Crippen LogP contribution in [0.15, 0.2) is 12.1 Å². The zero-order valence-electron chi connectivity index (χ0n) is 9.99. The second-order valence-corrected chi connectivity index (χ2v) is 3.99. The van der Waals surface area contributed by atoms with E-state index in [9.17, 15) is 4.79 Å². The third-order valence-electron chi connectivity index (χ3n) is 2.84. The Morgan fingerprint density at radius 3 is 2.53 bits per heavy atom. The number of hydrogen-bond acceptors (Lipinski definition) is 4. The third kappa shape index (κ3) is 2.42. The van der Waals surface area contributed by atoms with Gasteiger partial charge in [-0.25, -0.2) is 0 Å². The average Bonchev–Trinajstić information content (AvgIpc) is 2.60. The molecule has 1 aliphatic heterocycles. The maximum atomic E-state index is 11.7. The lowest BCUT2D eigenvalue weighted by atomic mass is 10.0. The van der Waals surface area contributed by atoms with Crippen LogP contribution in [0.5, 0.6) is 11.5 Å². The van der Waals surface area contributed by atoms with Gasteiger partial charge in [0.1, 0.15) is 0 Å². The Kier molecular flexibility index (Phi) is 3.64. The molecule has 92 valence electrons. The summed E-state index contributed by atoms with van der Waals surface area (Å²) in [7, 11) is 0. The van der Waals surface area contributed by atoms with Crippen molar-refractivity contribution in [2.75, 3.05) is 19.8 Å². The molecule has 1 aromatic rings. The summed E-state index contributed by atoms with van der Waals surface area (Å²) >= 11 is 0. The van der Waals surface area contributed by atoms with Gasteiger partial charge >= 0.3 is 0 Å². The number of nitrogens with two attached hydrogens (primary N) is 1. The molecule has 2 N–H and O–H groups in total. The Morgan fingerprint density at radius 2 is 1.94 bits per heavy atom. The molecule has 4 nitrogen and oxygen atoms in total. The number of Topliss-reactive ketones (excluding diaryl/α,β-unsaturated/α-hetero) is 1. The zero-order chi connectivity index (χ0) is 12.3. The first-order valence-corrected chi connectivity index (χ1v) is 5.92. The van der Waals surface area contributed by atoms with Crippen LogP contribution in [-0.2, 0) is 6.42 Å². The van der Waals surface area contributed by atoms with E-state index in [1.165, 1.54) is 0 Å². The van der Waals surface area contributed by atoms with E-state index in [0.29, 0.717) is 24.5 Å². The Hall–Kier alpha value is -1.55. The lowest BCUT2D eigenvalue weighted by molar-refractivity contribution is 0.1000.